The topological polar surface area (TPSA) is 38.3 Å². The molecule has 0 bridgehead atoms. The van der Waals surface area contributed by atoms with Crippen LogP contribution in [-0.2, 0) is 9.53 Å². The second kappa shape index (κ2) is 5.22. The molecule has 76 valence electrons. The van der Waals surface area contributed by atoms with Crippen LogP contribution in [0.3, 0.4) is 0 Å². The van der Waals surface area contributed by atoms with E-state index in [-0.39, 0.29) is 12.0 Å². The third-order valence-corrected chi connectivity index (χ3v) is 2.89. The van der Waals surface area contributed by atoms with Gasteiger partial charge in [-0.25, -0.2) is 0 Å². The number of methoxy groups -OCH3 is 1. The Labute approximate surface area is 79.8 Å². The Hall–Kier alpha value is -0.570. The zero-order valence-electron chi connectivity index (χ0n) is 8.51. The Balaban J connectivity index is 2.48. The van der Waals surface area contributed by atoms with Gasteiger partial charge in [0.15, 0.2) is 0 Å². The summed E-state index contributed by atoms with van der Waals surface area (Å²) in [4.78, 5) is 11.4. The van der Waals surface area contributed by atoms with Crippen molar-refractivity contribution >= 4 is 5.97 Å². The normalized spacial score (nSPS) is 21.1. The van der Waals surface area contributed by atoms with Crippen molar-refractivity contribution in [2.24, 2.45) is 5.92 Å². The number of nitrogens with one attached hydrogen (secondary N) is 1. The Morgan fingerprint density at radius 2 is 2.00 bits per heavy atom. The summed E-state index contributed by atoms with van der Waals surface area (Å²) >= 11 is 0. The molecule has 1 rings (SSSR count). The first-order valence-corrected chi connectivity index (χ1v) is 5.04. The molecule has 0 radical (unpaired) electrons. The molecule has 1 aliphatic rings. The zero-order chi connectivity index (χ0) is 9.68. The minimum absolute atomic E-state index is 0.0923. The average Bonchev–Trinajstić information content (AvgIpc) is 2.20. The number of rotatable bonds is 3. The van der Waals surface area contributed by atoms with Crippen molar-refractivity contribution in [3.63, 3.8) is 0 Å². The Bertz CT molecular complexity index is 164. The summed E-state index contributed by atoms with van der Waals surface area (Å²) < 4.78 is 4.76. The molecule has 0 aromatic rings. The molecule has 1 aliphatic carbocycles. The molecule has 0 saturated heterocycles. The quantitative estimate of drug-likeness (QED) is 0.674. The molecule has 0 heterocycles. The number of esters is 1. The van der Waals surface area contributed by atoms with Gasteiger partial charge in [0.2, 0.25) is 0 Å². The number of carbonyl (C=O) groups excluding carboxylic acids is 1. The van der Waals surface area contributed by atoms with Crippen molar-refractivity contribution in [1.29, 1.82) is 0 Å². The lowest BCUT2D eigenvalue weighted by atomic mass is 9.84. The zero-order valence-corrected chi connectivity index (χ0v) is 8.51. The van der Waals surface area contributed by atoms with E-state index >= 15 is 0 Å². The van der Waals surface area contributed by atoms with Crippen molar-refractivity contribution in [3.8, 4) is 0 Å². The van der Waals surface area contributed by atoms with Crippen molar-refractivity contribution in [1.82, 2.24) is 5.32 Å². The van der Waals surface area contributed by atoms with Gasteiger partial charge >= 0.3 is 5.97 Å². The van der Waals surface area contributed by atoms with Gasteiger partial charge in [0, 0.05) is 0 Å². The second-order valence-electron chi connectivity index (χ2n) is 3.69. The van der Waals surface area contributed by atoms with Gasteiger partial charge in [-0.1, -0.05) is 19.3 Å². The van der Waals surface area contributed by atoms with E-state index in [1.54, 1.807) is 0 Å². The predicted molar refractivity (Wildman–Crippen MR) is 51.4 cm³/mol. The Kier molecular flexibility index (Phi) is 4.22. The summed E-state index contributed by atoms with van der Waals surface area (Å²) in [6.07, 6.45) is 6.12. The third kappa shape index (κ3) is 2.69. The van der Waals surface area contributed by atoms with Gasteiger partial charge in [-0.05, 0) is 25.8 Å². The maximum atomic E-state index is 11.4. The third-order valence-electron chi connectivity index (χ3n) is 2.89. The van der Waals surface area contributed by atoms with E-state index in [1.807, 2.05) is 7.05 Å². The number of likely N-dealkylation sites (N-methyl/N-ethyl adjacent to an activating group) is 1. The molecule has 0 amide bonds. The smallest absolute Gasteiger partial charge is 0.323 e. The van der Waals surface area contributed by atoms with Gasteiger partial charge < -0.3 is 10.1 Å². The van der Waals surface area contributed by atoms with Crippen LogP contribution >= 0.6 is 0 Å². The first-order chi connectivity index (χ1) is 6.29. The van der Waals surface area contributed by atoms with Crippen LogP contribution in [-0.4, -0.2) is 26.2 Å². The molecular weight excluding hydrogens is 166 g/mol. The molecule has 1 fully saturated rings. The second-order valence-corrected chi connectivity index (χ2v) is 3.69. The van der Waals surface area contributed by atoms with Crippen LogP contribution in [0.2, 0.25) is 0 Å². The van der Waals surface area contributed by atoms with Crippen molar-refractivity contribution in [3.05, 3.63) is 0 Å². The fraction of sp³-hybridized carbons (Fsp3) is 0.900. The van der Waals surface area contributed by atoms with Gasteiger partial charge in [-0.3, -0.25) is 4.79 Å². The van der Waals surface area contributed by atoms with E-state index in [1.165, 1.54) is 26.4 Å². The van der Waals surface area contributed by atoms with Crippen LogP contribution in [0.15, 0.2) is 0 Å². The Morgan fingerprint density at radius 1 is 1.38 bits per heavy atom. The lowest BCUT2D eigenvalue weighted by Gasteiger charge is -2.27. The highest BCUT2D eigenvalue weighted by atomic mass is 16.5. The molecule has 1 N–H and O–H groups in total. The van der Waals surface area contributed by atoms with Crippen LogP contribution in [0.4, 0.5) is 0 Å². The molecule has 3 nitrogen and oxygen atoms in total. The summed E-state index contributed by atoms with van der Waals surface area (Å²) in [6, 6.07) is -0.0923. The summed E-state index contributed by atoms with van der Waals surface area (Å²) in [5, 5.41) is 3.05. The van der Waals surface area contributed by atoms with Crippen LogP contribution < -0.4 is 5.32 Å². The van der Waals surface area contributed by atoms with Crippen LogP contribution in [0.1, 0.15) is 32.1 Å². The van der Waals surface area contributed by atoms with Gasteiger partial charge in [0.25, 0.3) is 0 Å². The minimum atomic E-state index is -0.116. The highest BCUT2D eigenvalue weighted by Gasteiger charge is 2.28. The van der Waals surface area contributed by atoms with Crippen molar-refractivity contribution < 1.29 is 9.53 Å². The molecule has 0 spiro atoms. The molecule has 0 aromatic carbocycles. The van der Waals surface area contributed by atoms with E-state index in [9.17, 15) is 4.79 Å². The van der Waals surface area contributed by atoms with Gasteiger partial charge in [-0.15, -0.1) is 0 Å². The number of carbonyl (C=O) groups is 1. The fourth-order valence-electron chi connectivity index (χ4n) is 2.14. The molecule has 13 heavy (non-hydrogen) atoms. The van der Waals surface area contributed by atoms with Crippen LogP contribution in [0, 0.1) is 5.92 Å². The van der Waals surface area contributed by atoms with Crippen LogP contribution in [0.5, 0.6) is 0 Å². The van der Waals surface area contributed by atoms with E-state index in [0.29, 0.717) is 5.92 Å². The summed E-state index contributed by atoms with van der Waals surface area (Å²) in [5.74, 6) is 0.362. The SMILES string of the molecule is CNC(C(=O)OC)C1CCCCC1. The molecule has 0 aliphatic heterocycles. The highest BCUT2D eigenvalue weighted by Crippen LogP contribution is 2.26. The molecule has 1 atom stereocenters. The largest absolute Gasteiger partial charge is 0.468 e. The lowest BCUT2D eigenvalue weighted by molar-refractivity contribution is -0.144. The average molecular weight is 185 g/mol. The first kappa shape index (κ1) is 10.5. The van der Waals surface area contributed by atoms with Crippen LogP contribution in [0.25, 0.3) is 0 Å². The molecular formula is C10H19NO2. The van der Waals surface area contributed by atoms with E-state index < -0.39 is 0 Å². The summed E-state index contributed by atoms with van der Waals surface area (Å²) in [6.45, 7) is 0. The van der Waals surface area contributed by atoms with E-state index in [2.05, 4.69) is 5.32 Å². The first-order valence-electron chi connectivity index (χ1n) is 5.04. The predicted octanol–water partition coefficient (Wildman–Crippen LogP) is 1.33. The standard InChI is InChI=1S/C10H19NO2/c1-11-9(10(12)13-2)8-6-4-3-5-7-8/h8-9,11H,3-7H2,1-2H3. The maximum absolute atomic E-state index is 11.4. The Morgan fingerprint density at radius 3 is 2.46 bits per heavy atom. The minimum Gasteiger partial charge on any atom is -0.468 e. The van der Waals surface area contributed by atoms with Gasteiger partial charge in [-0.2, -0.15) is 0 Å². The number of ether oxygens (including phenoxy) is 1. The summed E-state index contributed by atoms with van der Waals surface area (Å²) in [5.41, 5.74) is 0. The number of hydrogen-bond donors (Lipinski definition) is 1. The maximum Gasteiger partial charge on any atom is 0.323 e. The number of hydrogen-bond acceptors (Lipinski definition) is 3. The van der Waals surface area contributed by atoms with E-state index in [0.717, 1.165) is 12.8 Å². The molecule has 1 unspecified atom stereocenters. The summed E-state index contributed by atoms with van der Waals surface area (Å²) in [7, 11) is 3.28. The van der Waals surface area contributed by atoms with Crippen molar-refractivity contribution in [2.75, 3.05) is 14.2 Å². The van der Waals surface area contributed by atoms with Gasteiger partial charge in [0.05, 0.1) is 7.11 Å². The van der Waals surface area contributed by atoms with Crippen molar-refractivity contribution in [2.45, 2.75) is 38.1 Å². The van der Waals surface area contributed by atoms with E-state index in [4.69, 9.17) is 4.74 Å². The monoisotopic (exact) mass is 185 g/mol. The molecule has 3 heteroatoms. The highest BCUT2D eigenvalue weighted by molar-refractivity contribution is 5.76. The molecule has 0 aromatic heterocycles. The molecule has 1 saturated carbocycles. The fourth-order valence-corrected chi connectivity index (χ4v) is 2.14. The van der Waals surface area contributed by atoms with Gasteiger partial charge in [0.1, 0.15) is 6.04 Å². The lowest BCUT2D eigenvalue weighted by Crippen LogP contribution is -2.42.